The third-order valence-corrected chi connectivity index (χ3v) is 2.15. The Kier molecular flexibility index (Phi) is 3.53. The standard InChI is InChI=1S/C9H17NO2/c1-3-8(7-4-5-7)12-9(11)6-10-2/h7-8,10H,3-6H2,1-2H3. The third kappa shape index (κ3) is 2.81. The summed E-state index contributed by atoms with van der Waals surface area (Å²) in [6.45, 7) is 2.39. The fourth-order valence-corrected chi connectivity index (χ4v) is 1.34. The van der Waals surface area contributed by atoms with E-state index in [1.54, 1.807) is 7.05 Å². The van der Waals surface area contributed by atoms with E-state index in [0.717, 1.165) is 6.42 Å². The number of ether oxygens (including phenoxy) is 1. The molecule has 0 aromatic rings. The lowest BCUT2D eigenvalue weighted by molar-refractivity contribution is -0.149. The summed E-state index contributed by atoms with van der Waals surface area (Å²) in [5.74, 6) is 0.520. The van der Waals surface area contributed by atoms with Gasteiger partial charge in [-0.1, -0.05) is 6.92 Å². The number of hydrogen-bond donors (Lipinski definition) is 1. The zero-order valence-corrected chi connectivity index (χ0v) is 7.80. The second-order valence-electron chi connectivity index (χ2n) is 3.30. The van der Waals surface area contributed by atoms with Crippen molar-refractivity contribution in [3.63, 3.8) is 0 Å². The molecule has 1 fully saturated rings. The van der Waals surface area contributed by atoms with Crippen molar-refractivity contribution in [1.82, 2.24) is 5.32 Å². The first-order chi connectivity index (χ1) is 5.77. The Morgan fingerprint density at radius 2 is 2.33 bits per heavy atom. The van der Waals surface area contributed by atoms with Crippen LogP contribution in [0.5, 0.6) is 0 Å². The van der Waals surface area contributed by atoms with Gasteiger partial charge in [0.15, 0.2) is 0 Å². The van der Waals surface area contributed by atoms with Crippen LogP contribution in [0.15, 0.2) is 0 Å². The van der Waals surface area contributed by atoms with Crippen LogP contribution in [0, 0.1) is 5.92 Å². The van der Waals surface area contributed by atoms with E-state index >= 15 is 0 Å². The van der Waals surface area contributed by atoms with Gasteiger partial charge in [-0.25, -0.2) is 0 Å². The number of likely N-dealkylation sites (N-methyl/N-ethyl adjacent to an activating group) is 1. The average Bonchev–Trinajstić information content (AvgIpc) is 2.83. The zero-order valence-electron chi connectivity index (χ0n) is 7.80. The van der Waals surface area contributed by atoms with Crippen molar-refractivity contribution in [2.75, 3.05) is 13.6 Å². The molecule has 0 saturated heterocycles. The first kappa shape index (κ1) is 9.52. The van der Waals surface area contributed by atoms with Gasteiger partial charge in [0.05, 0.1) is 6.54 Å². The molecule has 12 heavy (non-hydrogen) atoms. The molecule has 1 saturated carbocycles. The predicted octanol–water partition coefficient (Wildman–Crippen LogP) is 0.938. The van der Waals surface area contributed by atoms with E-state index in [9.17, 15) is 4.79 Å². The molecular weight excluding hydrogens is 154 g/mol. The fraction of sp³-hybridized carbons (Fsp3) is 0.889. The predicted molar refractivity (Wildman–Crippen MR) is 46.8 cm³/mol. The Morgan fingerprint density at radius 3 is 2.75 bits per heavy atom. The lowest BCUT2D eigenvalue weighted by Crippen LogP contribution is -2.26. The van der Waals surface area contributed by atoms with Gasteiger partial charge in [-0.3, -0.25) is 4.79 Å². The van der Waals surface area contributed by atoms with Crippen LogP contribution in [0.1, 0.15) is 26.2 Å². The van der Waals surface area contributed by atoms with Gasteiger partial charge in [0.2, 0.25) is 0 Å². The van der Waals surface area contributed by atoms with Crippen molar-refractivity contribution in [3.8, 4) is 0 Å². The van der Waals surface area contributed by atoms with E-state index in [1.165, 1.54) is 12.8 Å². The average molecular weight is 171 g/mol. The minimum absolute atomic E-state index is 0.128. The van der Waals surface area contributed by atoms with Crippen molar-refractivity contribution in [3.05, 3.63) is 0 Å². The highest BCUT2D eigenvalue weighted by atomic mass is 16.5. The molecule has 0 heterocycles. The smallest absolute Gasteiger partial charge is 0.320 e. The van der Waals surface area contributed by atoms with Crippen molar-refractivity contribution in [1.29, 1.82) is 0 Å². The maximum atomic E-state index is 11.1. The van der Waals surface area contributed by atoms with Gasteiger partial charge in [-0.15, -0.1) is 0 Å². The number of rotatable bonds is 5. The summed E-state index contributed by atoms with van der Waals surface area (Å²) >= 11 is 0. The van der Waals surface area contributed by atoms with Crippen LogP contribution < -0.4 is 5.32 Å². The first-order valence-electron chi connectivity index (χ1n) is 4.62. The Labute approximate surface area is 73.5 Å². The number of esters is 1. The number of carbonyl (C=O) groups excluding carboxylic acids is 1. The highest BCUT2D eigenvalue weighted by Crippen LogP contribution is 2.35. The van der Waals surface area contributed by atoms with E-state index in [4.69, 9.17) is 4.74 Å². The van der Waals surface area contributed by atoms with Gasteiger partial charge in [0, 0.05) is 0 Å². The molecule has 1 N–H and O–H groups in total. The van der Waals surface area contributed by atoms with Crippen LogP contribution >= 0.6 is 0 Å². The summed E-state index contributed by atoms with van der Waals surface area (Å²) < 4.78 is 5.26. The molecule has 1 atom stereocenters. The Hall–Kier alpha value is -0.570. The summed E-state index contributed by atoms with van der Waals surface area (Å²) in [5.41, 5.74) is 0. The molecule has 0 aromatic carbocycles. The van der Waals surface area contributed by atoms with E-state index in [1.807, 2.05) is 0 Å². The lowest BCUT2D eigenvalue weighted by atomic mass is 10.2. The van der Waals surface area contributed by atoms with Crippen LogP contribution in [0.3, 0.4) is 0 Å². The van der Waals surface area contributed by atoms with E-state index in [-0.39, 0.29) is 12.1 Å². The van der Waals surface area contributed by atoms with Gasteiger partial charge in [0.25, 0.3) is 0 Å². The molecule has 0 aromatic heterocycles. The summed E-state index contributed by atoms with van der Waals surface area (Å²) in [6.07, 6.45) is 3.57. The highest BCUT2D eigenvalue weighted by Gasteiger charge is 2.32. The van der Waals surface area contributed by atoms with Gasteiger partial charge < -0.3 is 10.1 Å². The van der Waals surface area contributed by atoms with Gasteiger partial charge in [-0.2, -0.15) is 0 Å². The maximum Gasteiger partial charge on any atom is 0.320 e. The van der Waals surface area contributed by atoms with Crippen LogP contribution in [-0.2, 0) is 9.53 Å². The van der Waals surface area contributed by atoms with Crippen molar-refractivity contribution in [2.24, 2.45) is 5.92 Å². The number of carbonyl (C=O) groups is 1. The SMILES string of the molecule is CCC(OC(=O)CNC)C1CC1. The topological polar surface area (TPSA) is 38.3 Å². The summed E-state index contributed by atoms with van der Waals surface area (Å²) in [7, 11) is 1.75. The van der Waals surface area contributed by atoms with Gasteiger partial charge in [0.1, 0.15) is 6.10 Å². The molecule has 1 unspecified atom stereocenters. The van der Waals surface area contributed by atoms with Crippen LogP contribution in [-0.4, -0.2) is 25.7 Å². The Bertz CT molecular complexity index is 155. The monoisotopic (exact) mass is 171 g/mol. The maximum absolute atomic E-state index is 11.1. The van der Waals surface area contributed by atoms with Crippen LogP contribution in [0.2, 0.25) is 0 Å². The second-order valence-corrected chi connectivity index (χ2v) is 3.30. The van der Waals surface area contributed by atoms with Crippen molar-refractivity contribution < 1.29 is 9.53 Å². The molecule has 70 valence electrons. The minimum atomic E-state index is -0.128. The minimum Gasteiger partial charge on any atom is -0.461 e. The molecule has 0 aliphatic heterocycles. The van der Waals surface area contributed by atoms with Crippen LogP contribution in [0.4, 0.5) is 0 Å². The van der Waals surface area contributed by atoms with Crippen molar-refractivity contribution >= 4 is 5.97 Å². The molecule has 0 amide bonds. The number of hydrogen-bond acceptors (Lipinski definition) is 3. The summed E-state index contributed by atoms with van der Waals surface area (Å²) in [5, 5.41) is 2.78. The largest absolute Gasteiger partial charge is 0.461 e. The van der Waals surface area contributed by atoms with Gasteiger partial charge in [-0.05, 0) is 32.2 Å². The molecule has 1 rings (SSSR count). The van der Waals surface area contributed by atoms with E-state index < -0.39 is 0 Å². The first-order valence-corrected chi connectivity index (χ1v) is 4.62. The molecule has 0 bridgehead atoms. The highest BCUT2D eigenvalue weighted by molar-refractivity contribution is 5.71. The quantitative estimate of drug-likeness (QED) is 0.625. The molecule has 0 spiro atoms. The molecule has 3 nitrogen and oxygen atoms in total. The molecular formula is C9H17NO2. The van der Waals surface area contributed by atoms with E-state index in [2.05, 4.69) is 12.2 Å². The molecule has 0 radical (unpaired) electrons. The summed E-state index contributed by atoms with van der Waals surface area (Å²) in [6, 6.07) is 0. The molecule has 3 heteroatoms. The Morgan fingerprint density at radius 1 is 1.67 bits per heavy atom. The zero-order chi connectivity index (χ0) is 8.97. The van der Waals surface area contributed by atoms with Gasteiger partial charge >= 0.3 is 5.97 Å². The Balaban J connectivity index is 2.21. The fourth-order valence-electron chi connectivity index (χ4n) is 1.34. The number of nitrogens with one attached hydrogen (secondary N) is 1. The molecule has 1 aliphatic rings. The normalized spacial score (nSPS) is 18.8. The van der Waals surface area contributed by atoms with E-state index in [0.29, 0.717) is 12.5 Å². The second kappa shape index (κ2) is 4.45. The summed E-state index contributed by atoms with van der Waals surface area (Å²) in [4.78, 5) is 11.1. The van der Waals surface area contributed by atoms with Crippen LogP contribution in [0.25, 0.3) is 0 Å². The van der Waals surface area contributed by atoms with Crippen molar-refractivity contribution in [2.45, 2.75) is 32.3 Å². The third-order valence-electron chi connectivity index (χ3n) is 2.15. The molecule has 1 aliphatic carbocycles. The lowest BCUT2D eigenvalue weighted by Gasteiger charge is -2.14.